The predicted molar refractivity (Wildman–Crippen MR) is 78.5 cm³/mol. The van der Waals surface area contributed by atoms with Gasteiger partial charge in [0.05, 0.1) is 5.25 Å². The molecule has 0 amide bonds. The number of nitrogens with two attached hydrogens (primary N) is 1. The van der Waals surface area contributed by atoms with Crippen LogP contribution in [0.3, 0.4) is 0 Å². The summed E-state index contributed by atoms with van der Waals surface area (Å²) in [6.07, 6.45) is 0.458. The summed E-state index contributed by atoms with van der Waals surface area (Å²) < 4.78 is 47.5. The van der Waals surface area contributed by atoms with Crippen LogP contribution in [0.1, 0.15) is 31.7 Å². The van der Waals surface area contributed by atoms with Gasteiger partial charge in [-0.1, -0.05) is 6.92 Å². The summed E-state index contributed by atoms with van der Waals surface area (Å²) in [5, 5.41) is 8.85. The highest BCUT2D eigenvalue weighted by Crippen LogP contribution is 2.43. The third kappa shape index (κ3) is 2.77. The van der Waals surface area contributed by atoms with Crippen molar-refractivity contribution in [3.05, 3.63) is 16.9 Å². The molecule has 6 nitrogen and oxygen atoms in total. The van der Waals surface area contributed by atoms with Crippen molar-refractivity contribution >= 4 is 31.2 Å². The number of hydrogen-bond acceptors (Lipinski definition) is 5. The van der Waals surface area contributed by atoms with Gasteiger partial charge in [-0.05, 0) is 30.9 Å². The number of hydrogen-bond donors (Lipinski definition) is 1. The number of likely N-dealkylation sites (N-methyl/N-ethyl adjacent to an activating group) is 1. The number of rotatable bonds is 4. The Morgan fingerprint density at radius 3 is 2.70 bits per heavy atom. The minimum atomic E-state index is -3.89. The number of fused-ring (bicyclic) bond motifs is 1. The fourth-order valence-corrected chi connectivity index (χ4v) is 6.82. The minimum absolute atomic E-state index is 0.0600. The third-order valence-electron chi connectivity index (χ3n) is 3.40. The standard InChI is InChI=1S/C11H17N2O4S3/c1-3-13-6-8-4-7(2)19(14,15)11-9(8)5-10(18-11)20(12,16)17/h5,7-8H,3-4,6H2,1-2H3,(H2,12,16,17)/q-1/t7-,8?/m0/s1. The number of sulfonamides is 1. The van der Waals surface area contributed by atoms with Crippen molar-refractivity contribution in [2.24, 2.45) is 5.14 Å². The van der Waals surface area contributed by atoms with Crippen molar-refractivity contribution in [1.29, 1.82) is 0 Å². The van der Waals surface area contributed by atoms with Gasteiger partial charge in [0, 0.05) is 0 Å². The van der Waals surface area contributed by atoms with Crippen LogP contribution in [0.15, 0.2) is 14.5 Å². The molecule has 20 heavy (non-hydrogen) atoms. The summed E-state index contributed by atoms with van der Waals surface area (Å²) in [6.45, 7) is 4.71. The van der Waals surface area contributed by atoms with E-state index in [2.05, 4.69) is 5.32 Å². The van der Waals surface area contributed by atoms with E-state index in [1.54, 1.807) is 6.92 Å². The molecule has 9 heteroatoms. The van der Waals surface area contributed by atoms with Crippen molar-refractivity contribution in [3.8, 4) is 0 Å². The second-order valence-electron chi connectivity index (χ2n) is 4.86. The van der Waals surface area contributed by atoms with E-state index in [1.165, 1.54) is 6.07 Å². The van der Waals surface area contributed by atoms with Gasteiger partial charge in [0.15, 0.2) is 9.84 Å². The molecule has 0 fully saturated rings. The average Bonchev–Trinajstić information content (AvgIpc) is 2.78. The van der Waals surface area contributed by atoms with Crippen LogP contribution in [0.4, 0.5) is 0 Å². The maximum absolute atomic E-state index is 12.3. The van der Waals surface area contributed by atoms with Crippen molar-refractivity contribution in [1.82, 2.24) is 0 Å². The first-order chi connectivity index (χ1) is 9.17. The molecule has 1 aromatic rings. The van der Waals surface area contributed by atoms with Gasteiger partial charge in [-0.2, -0.15) is 6.54 Å². The molecule has 0 aromatic carbocycles. The minimum Gasteiger partial charge on any atom is -0.662 e. The van der Waals surface area contributed by atoms with Crippen molar-refractivity contribution < 1.29 is 16.8 Å². The van der Waals surface area contributed by atoms with Crippen molar-refractivity contribution in [2.75, 3.05) is 13.1 Å². The molecule has 0 saturated carbocycles. The van der Waals surface area contributed by atoms with E-state index >= 15 is 0 Å². The topological polar surface area (TPSA) is 108 Å². The van der Waals surface area contributed by atoms with Crippen LogP contribution in [-0.4, -0.2) is 35.2 Å². The summed E-state index contributed by atoms with van der Waals surface area (Å²) >= 11 is 0.748. The lowest BCUT2D eigenvalue weighted by Crippen LogP contribution is -2.27. The highest BCUT2D eigenvalue weighted by atomic mass is 32.3. The summed E-state index contributed by atoms with van der Waals surface area (Å²) in [7, 11) is -7.35. The normalized spacial score (nSPS) is 25.4. The zero-order valence-corrected chi connectivity index (χ0v) is 13.7. The van der Waals surface area contributed by atoms with E-state index in [0.29, 0.717) is 25.1 Å². The molecule has 1 aliphatic heterocycles. The van der Waals surface area contributed by atoms with Gasteiger partial charge >= 0.3 is 0 Å². The quantitative estimate of drug-likeness (QED) is 0.896. The first-order valence-electron chi connectivity index (χ1n) is 6.21. The molecule has 1 aliphatic rings. The summed E-state index contributed by atoms with van der Waals surface area (Å²) in [5.41, 5.74) is 0.550. The Bertz CT molecular complexity index is 706. The lowest BCUT2D eigenvalue weighted by molar-refractivity contribution is 0.544. The Kier molecular flexibility index (Phi) is 4.27. The van der Waals surface area contributed by atoms with Gasteiger partial charge in [-0.3, -0.25) is 0 Å². The molecule has 2 rings (SSSR count). The van der Waals surface area contributed by atoms with E-state index in [1.807, 2.05) is 6.92 Å². The summed E-state index contributed by atoms with van der Waals surface area (Å²) in [5.74, 6) is -0.0600. The van der Waals surface area contributed by atoms with E-state index < -0.39 is 25.1 Å². The molecule has 0 spiro atoms. The molecular weight excluding hydrogens is 320 g/mol. The van der Waals surface area contributed by atoms with Crippen LogP contribution in [0.25, 0.3) is 5.32 Å². The highest BCUT2D eigenvalue weighted by Gasteiger charge is 2.38. The molecule has 2 N–H and O–H groups in total. The second kappa shape index (κ2) is 5.38. The largest absolute Gasteiger partial charge is 0.662 e. The van der Waals surface area contributed by atoms with Gasteiger partial charge in [-0.15, -0.1) is 17.9 Å². The van der Waals surface area contributed by atoms with Crippen LogP contribution in [-0.2, 0) is 19.9 Å². The molecule has 0 aliphatic carbocycles. The highest BCUT2D eigenvalue weighted by molar-refractivity contribution is 7.95. The van der Waals surface area contributed by atoms with Crippen LogP contribution < -0.4 is 5.14 Å². The van der Waals surface area contributed by atoms with Gasteiger partial charge in [-0.25, -0.2) is 22.0 Å². The summed E-state index contributed by atoms with van der Waals surface area (Å²) in [4.78, 5) is 0. The molecule has 114 valence electrons. The third-order valence-corrected chi connectivity index (χ3v) is 8.72. The maximum atomic E-state index is 12.3. The maximum Gasteiger partial charge on any atom is 0.247 e. The van der Waals surface area contributed by atoms with Crippen LogP contribution in [0.2, 0.25) is 0 Å². The monoisotopic (exact) mass is 337 g/mol. The number of sulfone groups is 1. The van der Waals surface area contributed by atoms with Crippen molar-refractivity contribution in [3.63, 3.8) is 0 Å². The molecule has 1 unspecified atom stereocenters. The Hall–Kier alpha value is -0.480. The predicted octanol–water partition coefficient (Wildman–Crippen LogP) is 1.44. The lowest BCUT2D eigenvalue weighted by atomic mass is 9.96. The fourth-order valence-electron chi connectivity index (χ4n) is 2.31. The van der Waals surface area contributed by atoms with E-state index in [-0.39, 0.29) is 14.3 Å². The van der Waals surface area contributed by atoms with Crippen LogP contribution in [0.5, 0.6) is 0 Å². The first-order valence-corrected chi connectivity index (χ1v) is 10.1. The van der Waals surface area contributed by atoms with E-state index in [9.17, 15) is 16.8 Å². The van der Waals surface area contributed by atoms with Gasteiger partial charge < -0.3 is 5.32 Å². The molecule has 2 heterocycles. The molecule has 0 radical (unpaired) electrons. The van der Waals surface area contributed by atoms with Gasteiger partial charge in [0.25, 0.3) is 0 Å². The zero-order chi connectivity index (χ0) is 15.1. The first kappa shape index (κ1) is 15.9. The Balaban J connectivity index is 2.56. The van der Waals surface area contributed by atoms with E-state index in [0.717, 1.165) is 11.3 Å². The molecule has 2 atom stereocenters. The fraction of sp³-hybridized carbons (Fsp3) is 0.636. The smallest absolute Gasteiger partial charge is 0.247 e. The summed E-state index contributed by atoms with van der Waals surface area (Å²) in [6, 6.07) is 1.40. The number of primary sulfonamides is 1. The molecule has 1 aromatic heterocycles. The van der Waals surface area contributed by atoms with Crippen LogP contribution >= 0.6 is 11.3 Å². The average molecular weight is 337 g/mol. The zero-order valence-electron chi connectivity index (χ0n) is 11.2. The Morgan fingerprint density at radius 1 is 1.50 bits per heavy atom. The van der Waals surface area contributed by atoms with Crippen LogP contribution in [0, 0.1) is 0 Å². The molecule has 0 bridgehead atoms. The van der Waals surface area contributed by atoms with Gasteiger partial charge in [0.1, 0.15) is 8.42 Å². The van der Waals surface area contributed by atoms with Crippen molar-refractivity contribution in [2.45, 2.75) is 39.9 Å². The number of thiophene rings is 1. The Labute approximate surface area is 123 Å². The molecule has 0 saturated heterocycles. The van der Waals surface area contributed by atoms with E-state index in [4.69, 9.17) is 5.14 Å². The Morgan fingerprint density at radius 2 is 2.15 bits per heavy atom. The lowest BCUT2D eigenvalue weighted by Gasteiger charge is -2.32. The molecular formula is C11H17N2O4S3-. The number of nitrogens with zero attached hydrogens (tertiary/aromatic N) is 1. The second-order valence-corrected chi connectivity index (χ2v) is 10.3. The van der Waals surface area contributed by atoms with Gasteiger partial charge in [0.2, 0.25) is 10.0 Å². The SMILES string of the molecule is CC[N-]CC1C[C@H](C)S(=O)(=O)c2sc(S(N)(=O)=O)cc21.